The number of hydrogen-bond acceptors (Lipinski definition) is 6. The summed E-state index contributed by atoms with van der Waals surface area (Å²) in [5.74, 6) is 1.63. The summed E-state index contributed by atoms with van der Waals surface area (Å²) >= 11 is 0. The summed E-state index contributed by atoms with van der Waals surface area (Å²) in [7, 11) is 0. The van der Waals surface area contributed by atoms with Crippen LogP contribution in [0.1, 0.15) is 35.3 Å². The summed E-state index contributed by atoms with van der Waals surface area (Å²) < 4.78 is 17.1. The number of benzene rings is 3. The van der Waals surface area contributed by atoms with Crippen LogP contribution in [0.5, 0.6) is 17.2 Å². The van der Waals surface area contributed by atoms with Gasteiger partial charge < -0.3 is 14.2 Å². The molecule has 0 bridgehead atoms. The molecule has 0 aliphatic rings. The summed E-state index contributed by atoms with van der Waals surface area (Å²) in [4.78, 5) is 22.9. The average molecular weight is 447 g/mol. The third kappa shape index (κ3) is 6.43. The second-order valence-electron chi connectivity index (χ2n) is 6.98. The molecule has 7 nitrogen and oxygen atoms in total. The maximum Gasteiger partial charge on any atom is 0.280 e. The van der Waals surface area contributed by atoms with Gasteiger partial charge in [-0.25, -0.2) is 0 Å². The zero-order chi connectivity index (χ0) is 23.6. The van der Waals surface area contributed by atoms with Gasteiger partial charge in [0, 0.05) is 6.07 Å². The molecule has 3 aromatic carbocycles. The van der Waals surface area contributed by atoms with Crippen molar-refractivity contribution in [3.63, 3.8) is 0 Å². The molecule has 0 atom stereocenters. The van der Waals surface area contributed by atoms with E-state index in [1.807, 2.05) is 44.2 Å². The standard InChI is InChI=1S/C26H25NO6/c1-3-31-25-16-12-20(17-26(25)32-4-2)18-33-21-13-9-19(10-14-21)11-15-24(28)22-7-5-6-8-23(22)27(29)30/h5-17H,3-4,18H2,1-2H3/b15-11+. The zero-order valence-corrected chi connectivity index (χ0v) is 18.5. The van der Waals surface area contributed by atoms with Crippen molar-refractivity contribution in [2.24, 2.45) is 0 Å². The number of nitrogens with zero attached hydrogens (tertiary/aromatic N) is 1. The topological polar surface area (TPSA) is 87.9 Å². The highest BCUT2D eigenvalue weighted by atomic mass is 16.6. The van der Waals surface area contributed by atoms with E-state index >= 15 is 0 Å². The van der Waals surface area contributed by atoms with E-state index in [0.717, 1.165) is 11.1 Å². The molecule has 0 amide bonds. The molecule has 0 aromatic heterocycles. The summed E-state index contributed by atoms with van der Waals surface area (Å²) in [6.45, 7) is 5.30. The number of carbonyl (C=O) groups is 1. The monoisotopic (exact) mass is 447 g/mol. The lowest BCUT2D eigenvalue weighted by Crippen LogP contribution is -2.01. The van der Waals surface area contributed by atoms with Crippen molar-refractivity contribution in [3.8, 4) is 17.2 Å². The van der Waals surface area contributed by atoms with Crippen LogP contribution >= 0.6 is 0 Å². The van der Waals surface area contributed by atoms with Crippen LogP contribution in [0.25, 0.3) is 6.08 Å². The molecule has 0 radical (unpaired) electrons. The van der Waals surface area contributed by atoms with Crippen molar-refractivity contribution < 1.29 is 23.9 Å². The number of hydrogen-bond donors (Lipinski definition) is 0. The Balaban J connectivity index is 1.62. The minimum absolute atomic E-state index is 0.0560. The van der Waals surface area contributed by atoms with E-state index in [4.69, 9.17) is 14.2 Å². The highest BCUT2D eigenvalue weighted by molar-refractivity contribution is 6.09. The van der Waals surface area contributed by atoms with Gasteiger partial charge in [-0.05, 0) is 61.4 Å². The van der Waals surface area contributed by atoms with Gasteiger partial charge in [0.1, 0.15) is 12.4 Å². The van der Waals surface area contributed by atoms with Crippen LogP contribution < -0.4 is 14.2 Å². The summed E-state index contributed by atoms with van der Waals surface area (Å²) in [5, 5.41) is 11.1. The largest absolute Gasteiger partial charge is 0.490 e. The Morgan fingerprint density at radius 2 is 1.61 bits per heavy atom. The Morgan fingerprint density at radius 3 is 2.30 bits per heavy atom. The molecule has 3 rings (SSSR count). The summed E-state index contributed by atoms with van der Waals surface area (Å²) in [5.41, 5.74) is 1.56. The number of nitro benzene ring substituents is 1. The fourth-order valence-electron chi connectivity index (χ4n) is 3.13. The molecule has 0 N–H and O–H groups in total. The van der Waals surface area contributed by atoms with Crippen molar-refractivity contribution in [3.05, 3.63) is 99.6 Å². The lowest BCUT2D eigenvalue weighted by molar-refractivity contribution is -0.385. The smallest absolute Gasteiger partial charge is 0.280 e. The minimum atomic E-state index is -0.561. The van der Waals surface area contributed by atoms with Crippen LogP contribution in [0.2, 0.25) is 0 Å². The molecular formula is C26H25NO6. The summed E-state index contributed by atoms with van der Waals surface area (Å²) in [6, 6.07) is 18.8. The quantitative estimate of drug-likeness (QED) is 0.158. The molecule has 170 valence electrons. The first-order valence-electron chi connectivity index (χ1n) is 10.6. The lowest BCUT2D eigenvalue weighted by atomic mass is 10.1. The molecule has 0 heterocycles. The van der Waals surface area contributed by atoms with E-state index in [2.05, 4.69) is 0 Å². The number of ketones is 1. The van der Waals surface area contributed by atoms with Gasteiger partial charge in [-0.1, -0.05) is 36.4 Å². The van der Waals surface area contributed by atoms with Crippen molar-refractivity contribution >= 4 is 17.5 Å². The van der Waals surface area contributed by atoms with Gasteiger partial charge in [-0.2, -0.15) is 0 Å². The molecule has 0 saturated carbocycles. The third-order valence-electron chi connectivity index (χ3n) is 4.69. The Hall–Kier alpha value is -4.13. The second-order valence-corrected chi connectivity index (χ2v) is 6.98. The number of allylic oxidation sites excluding steroid dienone is 1. The van der Waals surface area contributed by atoms with Gasteiger partial charge in [0.15, 0.2) is 17.3 Å². The van der Waals surface area contributed by atoms with Gasteiger partial charge in [-0.15, -0.1) is 0 Å². The molecule has 0 fully saturated rings. The maximum absolute atomic E-state index is 12.4. The molecule has 0 aliphatic carbocycles. The Bertz CT molecular complexity index is 1140. The van der Waals surface area contributed by atoms with Crippen LogP contribution in [0, 0.1) is 10.1 Å². The maximum atomic E-state index is 12.4. The molecule has 33 heavy (non-hydrogen) atoms. The van der Waals surface area contributed by atoms with Crippen molar-refractivity contribution in [2.75, 3.05) is 13.2 Å². The van der Waals surface area contributed by atoms with E-state index < -0.39 is 10.7 Å². The SMILES string of the molecule is CCOc1ccc(COc2ccc(/C=C/C(=O)c3ccccc3[N+](=O)[O-])cc2)cc1OCC. The van der Waals surface area contributed by atoms with Crippen LogP contribution in [-0.4, -0.2) is 23.9 Å². The number of para-hydroxylation sites is 1. The van der Waals surface area contributed by atoms with Gasteiger partial charge in [0.2, 0.25) is 0 Å². The van der Waals surface area contributed by atoms with Crippen molar-refractivity contribution in [1.29, 1.82) is 0 Å². The molecule has 3 aromatic rings. The first-order chi connectivity index (χ1) is 16.0. The first-order valence-corrected chi connectivity index (χ1v) is 10.6. The average Bonchev–Trinajstić information content (AvgIpc) is 2.83. The van der Waals surface area contributed by atoms with Crippen LogP contribution in [0.4, 0.5) is 5.69 Å². The number of rotatable bonds is 11. The highest BCUT2D eigenvalue weighted by Gasteiger charge is 2.16. The molecule has 7 heteroatoms. The molecule has 0 saturated heterocycles. The van der Waals surface area contributed by atoms with E-state index in [1.54, 1.807) is 24.3 Å². The van der Waals surface area contributed by atoms with Gasteiger partial charge in [0.05, 0.1) is 23.7 Å². The molecule has 0 spiro atoms. The van der Waals surface area contributed by atoms with Crippen molar-refractivity contribution in [1.82, 2.24) is 0 Å². The highest BCUT2D eigenvalue weighted by Crippen LogP contribution is 2.29. The minimum Gasteiger partial charge on any atom is -0.490 e. The Labute approximate surface area is 192 Å². The number of carbonyl (C=O) groups excluding carboxylic acids is 1. The summed E-state index contributed by atoms with van der Waals surface area (Å²) in [6.07, 6.45) is 2.94. The van der Waals surface area contributed by atoms with E-state index in [9.17, 15) is 14.9 Å². The van der Waals surface area contributed by atoms with Gasteiger partial charge >= 0.3 is 0 Å². The van der Waals surface area contributed by atoms with Gasteiger partial charge in [0.25, 0.3) is 5.69 Å². The van der Waals surface area contributed by atoms with E-state index in [0.29, 0.717) is 37.1 Å². The number of nitro groups is 1. The van der Waals surface area contributed by atoms with E-state index in [-0.39, 0.29) is 11.3 Å². The first kappa shape index (κ1) is 23.5. The molecular weight excluding hydrogens is 422 g/mol. The molecule has 0 aliphatic heterocycles. The lowest BCUT2D eigenvalue weighted by Gasteiger charge is -2.13. The fourth-order valence-corrected chi connectivity index (χ4v) is 3.13. The van der Waals surface area contributed by atoms with Gasteiger partial charge in [-0.3, -0.25) is 14.9 Å². The normalized spacial score (nSPS) is 10.7. The zero-order valence-electron chi connectivity index (χ0n) is 18.5. The van der Waals surface area contributed by atoms with Crippen LogP contribution in [0.3, 0.4) is 0 Å². The van der Waals surface area contributed by atoms with Crippen LogP contribution in [0.15, 0.2) is 72.8 Å². The van der Waals surface area contributed by atoms with Crippen LogP contribution in [-0.2, 0) is 6.61 Å². The predicted molar refractivity (Wildman–Crippen MR) is 126 cm³/mol. The number of ether oxygens (including phenoxy) is 3. The molecule has 0 unspecified atom stereocenters. The van der Waals surface area contributed by atoms with Crippen molar-refractivity contribution in [2.45, 2.75) is 20.5 Å². The third-order valence-corrected chi connectivity index (χ3v) is 4.69. The van der Waals surface area contributed by atoms with E-state index in [1.165, 1.54) is 24.3 Å². The Kier molecular flexibility index (Phi) is 8.18. The Morgan fingerprint density at radius 1 is 0.909 bits per heavy atom. The second kappa shape index (κ2) is 11.5. The predicted octanol–water partition coefficient (Wildman–Crippen LogP) is 5.87. The fraction of sp³-hybridized carbons (Fsp3) is 0.192.